The molecule has 0 saturated carbocycles. The van der Waals surface area contributed by atoms with E-state index in [1.807, 2.05) is 42.2 Å². The number of carbonyl (C=O) groups is 1. The van der Waals surface area contributed by atoms with Crippen LogP contribution in [0.3, 0.4) is 0 Å². The van der Waals surface area contributed by atoms with Gasteiger partial charge in [-0.3, -0.25) is 4.79 Å². The van der Waals surface area contributed by atoms with Crippen LogP contribution in [0, 0.1) is 0 Å². The Morgan fingerprint density at radius 1 is 1.22 bits per heavy atom. The molecule has 27 heavy (non-hydrogen) atoms. The first-order chi connectivity index (χ1) is 13.1. The van der Waals surface area contributed by atoms with Crippen molar-refractivity contribution in [2.45, 2.75) is 50.5 Å². The van der Waals surface area contributed by atoms with Crippen molar-refractivity contribution in [3.8, 4) is 5.69 Å². The first-order valence-electron chi connectivity index (χ1n) is 9.74. The van der Waals surface area contributed by atoms with Gasteiger partial charge in [0, 0.05) is 25.6 Å². The van der Waals surface area contributed by atoms with Crippen molar-refractivity contribution in [3.05, 3.63) is 46.6 Å². The molecule has 2 aliphatic heterocycles. The van der Waals surface area contributed by atoms with Crippen molar-refractivity contribution in [2.75, 3.05) is 19.7 Å². The van der Waals surface area contributed by atoms with E-state index in [1.165, 1.54) is 0 Å². The molecule has 4 rings (SSSR count). The summed E-state index contributed by atoms with van der Waals surface area (Å²) in [5.41, 5.74) is -0.0884. The normalized spacial score (nSPS) is 24.1. The summed E-state index contributed by atoms with van der Waals surface area (Å²) < 4.78 is 7.46. The minimum atomic E-state index is -0.677. The number of nitrogens with zero attached hydrogens (tertiary/aromatic N) is 3. The van der Waals surface area contributed by atoms with Gasteiger partial charge in [-0.05, 0) is 51.2 Å². The molecular formula is C20H26N4O3. The van der Waals surface area contributed by atoms with Gasteiger partial charge >= 0.3 is 5.69 Å². The highest BCUT2D eigenvalue weighted by Crippen LogP contribution is 2.31. The third kappa shape index (κ3) is 3.43. The molecule has 0 bridgehead atoms. The number of aromatic amines is 1. The van der Waals surface area contributed by atoms with Crippen LogP contribution in [0.25, 0.3) is 5.69 Å². The second kappa shape index (κ2) is 7.31. The molecule has 0 aliphatic carbocycles. The number of likely N-dealkylation sites (tertiary alicyclic amines) is 1. The topological polar surface area (TPSA) is 80.2 Å². The molecule has 1 aromatic heterocycles. The molecule has 1 amide bonds. The first kappa shape index (κ1) is 18.0. The van der Waals surface area contributed by atoms with E-state index in [1.54, 1.807) is 4.57 Å². The minimum Gasteiger partial charge on any atom is -0.365 e. The Bertz CT molecular complexity index is 844. The van der Waals surface area contributed by atoms with E-state index in [4.69, 9.17) is 4.74 Å². The molecule has 2 aromatic rings. The summed E-state index contributed by atoms with van der Waals surface area (Å²) in [4.78, 5) is 27.1. The fourth-order valence-corrected chi connectivity index (χ4v) is 4.19. The van der Waals surface area contributed by atoms with Gasteiger partial charge in [-0.2, -0.15) is 5.10 Å². The number of H-pyrrole nitrogens is 1. The summed E-state index contributed by atoms with van der Waals surface area (Å²) in [6.45, 7) is 3.91. The SMILES string of the molecule is C[C@@]1(C(=O)N2CCC(c3n[nH]c(=O)n3-c3ccccc3)CC2)CCCCO1. The summed E-state index contributed by atoms with van der Waals surface area (Å²) >= 11 is 0. The zero-order chi connectivity index (χ0) is 18.9. The first-order valence-corrected chi connectivity index (χ1v) is 9.74. The fourth-order valence-electron chi connectivity index (χ4n) is 4.19. The second-order valence-corrected chi connectivity index (χ2v) is 7.66. The number of amides is 1. The average Bonchev–Trinajstić information content (AvgIpc) is 3.10. The van der Waals surface area contributed by atoms with E-state index < -0.39 is 5.60 Å². The number of piperidine rings is 1. The summed E-state index contributed by atoms with van der Waals surface area (Å²) in [5, 5.41) is 6.87. The number of hydrogen-bond donors (Lipinski definition) is 1. The fraction of sp³-hybridized carbons (Fsp3) is 0.550. The molecule has 144 valence electrons. The van der Waals surface area contributed by atoms with Crippen LogP contribution < -0.4 is 5.69 Å². The van der Waals surface area contributed by atoms with Gasteiger partial charge in [-0.25, -0.2) is 14.5 Å². The van der Waals surface area contributed by atoms with Crippen LogP contribution >= 0.6 is 0 Å². The third-order valence-electron chi connectivity index (χ3n) is 5.78. The lowest BCUT2D eigenvalue weighted by Crippen LogP contribution is -2.52. The standard InChI is InChI=1S/C20H26N4O3/c1-20(11-5-6-14-27-20)18(25)23-12-9-15(10-13-23)17-21-22-19(26)24(17)16-7-3-2-4-8-16/h2-4,7-8,15H,5-6,9-14H2,1H3,(H,22,26)/t20-/m0/s1. The average molecular weight is 370 g/mol. The molecule has 1 atom stereocenters. The van der Waals surface area contributed by atoms with Crippen LogP contribution in [-0.4, -0.2) is 50.9 Å². The van der Waals surface area contributed by atoms with Crippen molar-refractivity contribution in [3.63, 3.8) is 0 Å². The summed E-state index contributed by atoms with van der Waals surface area (Å²) in [7, 11) is 0. The highest BCUT2D eigenvalue weighted by Gasteiger charge is 2.40. The van der Waals surface area contributed by atoms with Crippen molar-refractivity contribution >= 4 is 5.91 Å². The molecule has 1 N–H and O–H groups in total. The number of carbonyl (C=O) groups excluding carboxylic acids is 1. The van der Waals surface area contributed by atoms with E-state index in [0.29, 0.717) is 19.7 Å². The molecule has 2 fully saturated rings. The van der Waals surface area contributed by atoms with E-state index in [9.17, 15) is 9.59 Å². The Balaban J connectivity index is 1.48. The number of benzene rings is 1. The van der Waals surface area contributed by atoms with E-state index in [-0.39, 0.29) is 17.5 Å². The molecule has 7 nitrogen and oxygen atoms in total. The Morgan fingerprint density at radius 2 is 1.96 bits per heavy atom. The molecular weight excluding hydrogens is 344 g/mol. The van der Waals surface area contributed by atoms with Crippen LogP contribution in [0.15, 0.2) is 35.1 Å². The number of nitrogens with one attached hydrogen (secondary N) is 1. The molecule has 2 saturated heterocycles. The van der Waals surface area contributed by atoms with Crippen molar-refractivity contribution < 1.29 is 9.53 Å². The van der Waals surface area contributed by atoms with Gasteiger partial charge in [0.2, 0.25) is 0 Å². The van der Waals surface area contributed by atoms with E-state index in [2.05, 4.69) is 10.2 Å². The van der Waals surface area contributed by atoms with Crippen LogP contribution in [-0.2, 0) is 9.53 Å². The van der Waals surface area contributed by atoms with Gasteiger partial charge in [0.15, 0.2) is 0 Å². The molecule has 3 heterocycles. The molecule has 0 radical (unpaired) electrons. The maximum Gasteiger partial charge on any atom is 0.347 e. The highest BCUT2D eigenvalue weighted by atomic mass is 16.5. The molecule has 0 unspecified atom stereocenters. The van der Waals surface area contributed by atoms with Gasteiger partial charge < -0.3 is 9.64 Å². The largest absolute Gasteiger partial charge is 0.365 e. The number of aromatic nitrogens is 3. The van der Waals surface area contributed by atoms with Crippen LogP contribution in [0.2, 0.25) is 0 Å². The van der Waals surface area contributed by atoms with Crippen molar-refractivity contribution in [1.82, 2.24) is 19.7 Å². The monoisotopic (exact) mass is 370 g/mol. The predicted octanol–water partition coefficient (Wildman–Crippen LogP) is 2.23. The van der Waals surface area contributed by atoms with Gasteiger partial charge in [-0.1, -0.05) is 18.2 Å². The maximum atomic E-state index is 12.9. The lowest BCUT2D eigenvalue weighted by molar-refractivity contribution is -0.163. The second-order valence-electron chi connectivity index (χ2n) is 7.66. The van der Waals surface area contributed by atoms with Crippen LogP contribution in [0.1, 0.15) is 50.8 Å². The lowest BCUT2D eigenvalue weighted by atomic mass is 9.91. The Morgan fingerprint density at radius 3 is 2.63 bits per heavy atom. The highest BCUT2D eigenvalue weighted by molar-refractivity contribution is 5.85. The van der Waals surface area contributed by atoms with Crippen LogP contribution in [0.4, 0.5) is 0 Å². The Hall–Kier alpha value is -2.41. The summed E-state index contributed by atoms with van der Waals surface area (Å²) in [6, 6.07) is 9.54. The van der Waals surface area contributed by atoms with E-state index >= 15 is 0 Å². The molecule has 0 spiro atoms. The lowest BCUT2D eigenvalue weighted by Gasteiger charge is -2.39. The minimum absolute atomic E-state index is 0.100. The molecule has 7 heteroatoms. The number of hydrogen-bond acceptors (Lipinski definition) is 4. The molecule has 1 aromatic carbocycles. The van der Waals surface area contributed by atoms with Gasteiger partial charge in [0.05, 0.1) is 5.69 Å². The summed E-state index contributed by atoms with van der Waals surface area (Å²) in [6.07, 6.45) is 4.44. The Kier molecular flexibility index (Phi) is 4.86. The smallest absolute Gasteiger partial charge is 0.347 e. The van der Waals surface area contributed by atoms with Crippen molar-refractivity contribution in [2.24, 2.45) is 0 Å². The zero-order valence-electron chi connectivity index (χ0n) is 15.7. The third-order valence-corrected chi connectivity index (χ3v) is 5.78. The number of ether oxygens (including phenoxy) is 1. The number of para-hydroxylation sites is 1. The predicted molar refractivity (Wildman–Crippen MR) is 101 cm³/mol. The molecule has 2 aliphatic rings. The maximum absolute atomic E-state index is 12.9. The van der Waals surface area contributed by atoms with Gasteiger partial charge in [-0.15, -0.1) is 0 Å². The summed E-state index contributed by atoms with van der Waals surface area (Å²) in [5.74, 6) is 0.995. The quantitative estimate of drug-likeness (QED) is 0.898. The number of rotatable bonds is 3. The van der Waals surface area contributed by atoms with Gasteiger partial charge in [0.25, 0.3) is 5.91 Å². The Labute approximate surface area is 158 Å². The van der Waals surface area contributed by atoms with Crippen molar-refractivity contribution in [1.29, 1.82) is 0 Å². The van der Waals surface area contributed by atoms with Gasteiger partial charge in [0.1, 0.15) is 11.4 Å². The zero-order valence-corrected chi connectivity index (χ0v) is 15.7. The van der Waals surface area contributed by atoms with E-state index in [0.717, 1.165) is 43.6 Å². The van der Waals surface area contributed by atoms with Crippen LogP contribution in [0.5, 0.6) is 0 Å².